The third-order valence-corrected chi connectivity index (χ3v) is 6.12. The smallest absolute Gasteiger partial charge is 0.243 e. The Morgan fingerprint density at radius 2 is 1.85 bits per heavy atom. The lowest BCUT2D eigenvalue weighted by Crippen LogP contribution is -2.54. The summed E-state index contributed by atoms with van der Waals surface area (Å²) >= 11 is 0. The number of nitrogens with two attached hydrogens (primary N) is 1. The van der Waals surface area contributed by atoms with Crippen LogP contribution in [0.3, 0.4) is 0 Å². The van der Waals surface area contributed by atoms with Gasteiger partial charge in [0.15, 0.2) is 11.6 Å². The minimum atomic E-state index is -1.29. The van der Waals surface area contributed by atoms with Crippen LogP contribution < -0.4 is 11.1 Å². The fraction of sp³-hybridized carbons (Fsp3) is 0.458. The first-order chi connectivity index (χ1) is 15.5. The van der Waals surface area contributed by atoms with E-state index < -0.39 is 29.5 Å². The maximum Gasteiger partial charge on any atom is 0.243 e. The van der Waals surface area contributed by atoms with Gasteiger partial charge < -0.3 is 16.0 Å². The highest BCUT2D eigenvalue weighted by Gasteiger charge is 2.40. The summed E-state index contributed by atoms with van der Waals surface area (Å²) in [6, 6.07) is 1.60. The number of aromatic nitrogens is 1. The number of nitrogens with zero attached hydrogens (tertiary/aromatic N) is 2. The van der Waals surface area contributed by atoms with Crippen molar-refractivity contribution in [2.45, 2.75) is 64.1 Å². The van der Waals surface area contributed by atoms with Crippen molar-refractivity contribution in [1.82, 2.24) is 15.2 Å². The Morgan fingerprint density at radius 1 is 1.18 bits per heavy atom. The van der Waals surface area contributed by atoms with Crippen molar-refractivity contribution >= 4 is 11.8 Å². The van der Waals surface area contributed by atoms with Crippen molar-refractivity contribution < 1.29 is 22.8 Å². The molecule has 2 aromatic rings. The Balaban J connectivity index is 1.83. The lowest BCUT2D eigenvalue weighted by atomic mass is 9.83. The average Bonchev–Trinajstić information content (AvgIpc) is 2.76. The van der Waals surface area contributed by atoms with E-state index in [0.717, 1.165) is 22.9 Å². The van der Waals surface area contributed by atoms with Gasteiger partial charge in [-0.25, -0.2) is 13.2 Å². The Kier molecular flexibility index (Phi) is 7.41. The molecule has 3 N–H and O–H groups in total. The molecule has 2 heterocycles. The van der Waals surface area contributed by atoms with Gasteiger partial charge >= 0.3 is 0 Å². The molecule has 1 aromatic carbocycles. The van der Waals surface area contributed by atoms with E-state index in [2.05, 4.69) is 10.3 Å². The molecule has 178 valence electrons. The highest BCUT2D eigenvalue weighted by atomic mass is 19.2. The number of carbonyl (C=O) groups is 2. The molecule has 9 heteroatoms. The van der Waals surface area contributed by atoms with Crippen molar-refractivity contribution in [3.63, 3.8) is 0 Å². The molecule has 1 aromatic heterocycles. The molecular weight excluding hydrogens is 433 g/mol. The Bertz CT molecular complexity index is 1060. The maximum atomic E-state index is 14.0. The summed E-state index contributed by atoms with van der Waals surface area (Å²) in [5, 5.41) is 2.62. The fourth-order valence-electron chi connectivity index (χ4n) is 4.29. The monoisotopic (exact) mass is 462 g/mol. The van der Waals surface area contributed by atoms with Gasteiger partial charge in [-0.3, -0.25) is 14.6 Å². The summed E-state index contributed by atoms with van der Waals surface area (Å²) in [5.41, 5.74) is 8.68. The van der Waals surface area contributed by atoms with E-state index in [9.17, 15) is 22.8 Å². The summed E-state index contributed by atoms with van der Waals surface area (Å²) in [4.78, 5) is 31.9. The standard InChI is InChI=1S/C24H29F3N4O2/c1-12(2)21-8-17-13(3)23(24(33)29-4)31(11-15(17)10-30-21)22(32)7-16(28)5-14-6-19(26)20(27)9-18(14)25/h6,8-10,12-13,16,23H,5,7,11,28H2,1-4H3,(H,29,33). The zero-order valence-electron chi connectivity index (χ0n) is 19.2. The fourth-order valence-corrected chi connectivity index (χ4v) is 4.29. The van der Waals surface area contributed by atoms with Gasteiger partial charge in [0.25, 0.3) is 0 Å². The summed E-state index contributed by atoms with van der Waals surface area (Å²) in [6.45, 7) is 6.14. The number of hydrogen-bond acceptors (Lipinski definition) is 4. The lowest BCUT2D eigenvalue weighted by molar-refractivity contribution is -0.142. The number of fused-ring (bicyclic) bond motifs is 1. The second-order valence-electron chi connectivity index (χ2n) is 8.86. The molecule has 0 radical (unpaired) electrons. The molecule has 0 fully saturated rings. The quantitative estimate of drug-likeness (QED) is 0.646. The van der Waals surface area contributed by atoms with Crippen molar-refractivity contribution in [3.8, 4) is 0 Å². The van der Waals surface area contributed by atoms with Gasteiger partial charge in [0.2, 0.25) is 11.8 Å². The number of amides is 2. The number of rotatable bonds is 6. The predicted molar refractivity (Wildman–Crippen MR) is 118 cm³/mol. The number of nitrogens with one attached hydrogen (secondary N) is 1. The van der Waals surface area contributed by atoms with Crippen LogP contribution in [0.5, 0.6) is 0 Å². The summed E-state index contributed by atoms with van der Waals surface area (Å²) in [7, 11) is 1.51. The first-order valence-electron chi connectivity index (χ1n) is 10.9. The molecule has 3 atom stereocenters. The van der Waals surface area contributed by atoms with E-state index in [1.54, 1.807) is 6.20 Å². The normalized spacial score (nSPS) is 18.8. The topological polar surface area (TPSA) is 88.3 Å². The maximum absolute atomic E-state index is 14.0. The van der Waals surface area contributed by atoms with Gasteiger partial charge in [-0.2, -0.15) is 0 Å². The minimum absolute atomic E-state index is 0.111. The summed E-state index contributed by atoms with van der Waals surface area (Å²) in [6.07, 6.45) is 1.39. The van der Waals surface area contributed by atoms with Gasteiger partial charge in [-0.15, -0.1) is 0 Å². The Hall–Kier alpha value is -2.94. The van der Waals surface area contributed by atoms with E-state index in [-0.39, 0.29) is 48.6 Å². The van der Waals surface area contributed by atoms with Gasteiger partial charge in [-0.05, 0) is 41.2 Å². The van der Waals surface area contributed by atoms with E-state index in [4.69, 9.17) is 5.73 Å². The van der Waals surface area contributed by atoms with E-state index in [0.29, 0.717) is 6.07 Å². The van der Waals surface area contributed by atoms with Gasteiger partial charge in [0, 0.05) is 49.9 Å². The van der Waals surface area contributed by atoms with Crippen molar-refractivity contribution in [2.75, 3.05) is 7.05 Å². The van der Waals surface area contributed by atoms with Crippen LogP contribution in [-0.4, -0.2) is 40.8 Å². The number of hydrogen-bond donors (Lipinski definition) is 2. The summed E-state index contributed by atoms with van der Waals surface area (Å²) < 4.78 is 40.7. The molecule has 0 saturated carbocycles. The molecule has 0 bridgehead atoms. The molecular formula is C24H29F3N4O2. The van der Waals surface area contributed by atoms with Crippen LogP contribution in [0.4, 0.5) is 13.2 Å². The molecule has 6 nitrogen and oxygen atoms in total. The molecule has 0 saturated heterocycles. The molecule has 1 aliphatic heterocycles. The van der Waals surface area contributed by atoms with Crippen LogP contribution in [0, 0.1) is 17.5 Å². The van der Waals surface area contributed by atoms with Gasteiger partial charge in [0.1, 0.15) is 11.9 Å². The van der Waals surface area contributed by atoms with Crippen LogP contribution >= 0.6 is 0 Å². The minimum Gasteiger partial charge on any atom is -0.357 e. The zero-order valence-corrected chi connectivity index (χ0v) is 19.2. The van der Waals surface area contributed by atoms with Crippen molar-refractivity contribution in [2.24, 2.45) is 5.73 Å². The second-order valence-corrected chi connectivity index (χ2v) is 8.86. The van der Waals surface area contributed by atoms with Crippen LogP contribution in [-0.2, 0) is 22.6 Å². The van der Waals surface area contributed by atoms with Crippen LogP contribution in [0.1, 0.15) is 61.4 Å². The molecule has 33 heavy (non-hydrogen) atoms. The highest BCUT2D eigenvalue weighted by molar-refractivity contribution is 5.89. The molecule has 3 rings (SSSR count). The first-order valence-corrected chi connectivity index (χ1v) is 10.9. The number of pyridine rings is 1. The SMILES string of the molecule is CNC(=O)C1C(C)c2cc(C(C)C)ncc2CN1C(=O)CC(N)Cc1cc(F)c(F)cc1F. The highest BCUT2D eigenvalue weighted by Crippen LogP contribution is 2.35. The number of benzene rings is 1. The largest absolute Gasteiger partial charge is 0.357 e. The lowest BCUT2D eigenvalue weighted by Gasteiger charge is -2.40. The molecule has 0 spiro atoms. The Morgan fingerprint density at radius 3 is 2.48 bits per heavy atom. The third kappa shape index (κ3) is 5.19. The zero-order chi connectivity index (χ0) is 24.4. The predicted octanol–water partition coefficient (Wildman–Crippen LogP) is 3.14. The van der Waals surface area contributed by atoms with E-state index >= 15 is 0 Å². The number of likely N-dealkylation sites (N-methyl/N-ethyl adjacent to an activating group) is 1. The second kappa shape index (κ2) is 9.91. The summed E-state index contributed by atoms with van der Waals surface area (Å²) in [5.74, 6) is -4.14. The van der Waals surface area contributed by atoms with E-state index in [1.807, 2.05) is 26.8 Å². The van der Waals surface area contributed by atoms with Gasteiger partial charge in [-0.1, -0.05) is 20.8 Å². The van der Waals surface area contributed by atoms with Gasteiger partial charge in [0.05, 0.1) is 0 Å². The van der Waals surface area contributed by atoms with E-state index in [1.165, 1.54) is 11.9 Å². The molecule has 0 aliphatic carbocycles. The molecule has 1 aliphatic rings. The number of carbonyl (C=O) groups excluding carboxylic acids is 2. The van der Waals surface area contributed by atoms with Crippen molar-refractivity contribution in [3.05, 3.63) is 64.2 Å². The van der Waals surface area contributed by atoms with Crippen LogP contribution in [0.2, 0.25) is 0 Å². The van der Waals surface area contributed by atoms with Crippen LogP contribution in [0.25, 0.3) is 0 Å². The Labute approximate surface area is 191 Å². The molecule has 3 unspecified atom stereocenters. The number of halogens is 3. The third-order valence-electron chi connectivity index (χ3n) is 6.12. The average molecular weight is 463 g/mol. The first kappa shape index (κ1) is 24.7. The van der Waals surface area contributed by atoms with Crippen molar-refractivity contribution in [1.29, 1.82) is 0 Å². The van der Waals surface area contributed by atoms with Crippen LogP contribution in [0.15, 0.2) is 24.4 Å². The molecule has 2 amide bonds.